The standard InChI is InChI=1S/C22H23N5O3S/c28-21-20(6-2-4-12-24-21)27(22(29)19-13-25-31-26-19)14-16-7-9-18(10-8-16)30-15-17-5-1-3-11-23-17/h1,3,5,7-11,13,20H,2,4,6,12,14-15H2,(H,24,28)/t20-/m0/s1. The smallest absolute Gasteiger partial charge is 0.276 e. The third-order valence-corrected chi connectivity index (χ3v) is 5.59. The zero-order valence-corrected chi connectivity index (χ0v) is 17.8. The quantitative estimate of drug-likeness (QED) is 0.610. The van der Waals surface area contributed by atoms with Gasteiger partial charge in [-0.1, -0.05) is 18.2 Å². The minimum absolute atomic E-state index is 0.121. The number of nitrogens with one attached hydrogen (secondary N) is 1. The lowest BCUT2D eigenvalue weighted by molar-refractivity contribution is -0.125. The molecule has 1 N–H and O–H groups in total. The Kier molecular flexibility index (Phi) is 6.83. The summed E-state index contributed by atoms with van der Waals surface area (Å²) in [5.41, 5.74) is 2.01. The number of carbonyl (C=O) groups excluding carboxylic acids is 2. The summed E-state index contributed by atoms with van der Waals surface area (Å²) in [6.45, 7) is 1.32. The Morgan fingerprint density at radius 1 is 1.19 bits per heavy atom. The summed E-state index contributed by atoms with van der Waals surface area (Å²) in [5, 5.41) is 2.91. The molecule has 9 heteroatoms. The molecule has 1 saturated heterocycles. The molecule has 0 unspecified atom stereocenters. The number of nitrogens with zero attached hydrogens (tertiary/aromatic N) is 4. The fourth-order valence-corrected chi connectivity index (χ4v) is 3.89. The van der Waals surface area contributed by atoms with E-state index < -0.39 is 6.04 Å². The van der Waals surface area contributed by atoms with Gasteiger partial charge in [0.25, 0.3) is 5.91 Å². The van der Waals surface area contributed by atoms with Gasteiger partial charge in [0.05, 0.1) is 23.6 Å². The minimum Gasteiger partial charge on any atom is -0.487 e. The number of carbonyl (C=O) groups is 2. The molecule has 1 atom stereocenters. The van der Waals surface area contributed by atoms with Gasteiger partial charge in [0.1, 0.15) is 18.4 Å². The van der Waals surface area contributed by atoms with Crippen molar-refractivity contribution in [1.82, 2.24) is 23.9 Å². The van der Waals surface area contributed by atoms with Gasteiger partial charge in [0, 0.05) is 19.3 Å². The number of rotatable bonds is 7. The van der Waals surface area contributed by atoms with Crippen LogP contribution in [0, 0.1) is 0 Å². The van der Waals surface area contributed by atoms with Gasteiger partial charge in [-0.25, -0.2) is 0 Å². The number of ether oxygens (including phenoxy) is 1. The predicted octanol–water partition coefficient (Wildman–Crippen LogP) is 2.82. The zero-order chi connectivity index (χ0) is 21.5. The Morgan fingerprint density at radius 2 is 2.06 bits per heavy atom. The first-order valence-electron chi connectivity index (χ1n) is 10.2. The van der Waals surface area contributed by atoms with E-state index in [0.717, 1.165) is 35.8 Å². The Morgan fingerprint density at radius 3 is 2.81 bits per heavy atom. The molecule has 2 aromatic heterocycles. The molecule has 0 aliphatic carbocycles. The van der Waals surface area contributed by atoms with Gasteiger partial charge >= 0.3 is 0 Å². The van der Waals surface area contributed by atoms with E-state index in [9.17, 15) is 9.59 Å². The average molecular weight is 438 g/mol. The largest absolute Gasteiger partial charge is 0.487 e. The normalized spacial score (nSPS) is 16.3. The predicted molar refractivity (Wildman–Crippen MR) is 115 cm³/mol. The van der Waals surface area contributed by atoms with E-state index in [-0.39, 0.29) is 17.5 Å². The first-order valence-corrected chi connectivity index (χ1v) is 10.9. The van der Waals surface area contributed by atoms with Gasteiger partial charge in [-0.2, -0.15) is 8.75 Å². The van der Waals surface area contributed by atoms with E-state index in [0.29, 0.717) is 31.9 Å². The minimum atomic E-state index is -0.531. The van der Waals surface area contributed by atoms with Crippen LogP contribution in [0.2, 0.25) is 0 Å². The average Bonchev–Trinajstić information content (AvgIpc) is 3.26. The Bertz CT molecular complexity index is 996. The summed E-state index contributed by atoms with van der Waals surface area (Å²) >= 11 is 0.979. The molecule has 160 valence electrons. The Balaban J connectivity index is 1.48. The van der Waals surface area contributed by atoms with E-state index in [4.69, 9.17) is 4.74 Å². The Hall–Kier alpha value is -3.33. The van der Waals surface area contributed by atoms with Gasteiger partial charge in [-0.15, -0.1) is 0 Å². The van der Waals surface area contributed by atoms with E-state index in [1.165, 1.54) is 6.20 Å². The monoisotopic (exact) mass is 437 g/mol. The van der Waals surface area contributed by atoms with Crippen LogP contribution in [0.15, 0.2) is 54.9 Å². The Labute approximate surface area is 184 Å². The fraction of sp³-hybridized carbons (Fsp3) is 0.318. The van der Waals surface area contributed by atoms with Gasteiger partial charge < -0.3 is 15.0 Å². The van der Waals surface area contributed by atoms with Crippen LogP contribution in [0.5, 0.6) is 5.75 Å². The molecule has 1 fully saturated rings. The molecule has 0 saturated carbocycles. The molecule has 4 rings (SSSR count). The molecule has 0 spiro atoms. The third-order valence-electron chi connectivity index (χ3n) is 5.11. The van der Waals surface area contributed by atoms with Gasteiger partial charge in [0.2, 0.25) is 5.91 Å². The van der Waals surface area contributed by atoms with Crippen LogP contribution in [-0.4, -0.2) is 43.0 Å². The van der Waals surface area contributed by atoms with E-state index in [1.54, 1.807) is 11.1 Å². The van der Waals surface area contributed by atoms with Gasteiger partial charge in [-0.3, -0.25) is 14.6 Å². The van der Waals surface area contributed by atoms with E-state index in [2.05, 4.69) is 19.0 Å². The van der Waals surface area contributed by atoms with Crippen LogP contribution in [-0.2, 0) is 17.9 Å². The van der Waals surface area contributed by atoms with Crippen LogP contribution in [0.4, 0.5) is 0 Å². The highest BCUT2D eigenvalue weighted by molar-refractivity contribution is 6.99. The summed E-state index contributed by atoms with van der Waals surface area (Å²) < 4.78 is 13.8. The van der Waals surface area contributed by atoms with Crippen LogP contribution < -0.4 is 10.1 Å². The van der Waals surface area contributed by atoms with Gasteiger partial charge in [0.15, 0.2) is 5.69 Å². The number of aromatic nitrogens is 3. The lowest BCUT2D eigenvalue weighted by Gasteiger charge is -2.29. The summed E-state index contributed by atoms with van der Waals surface area (Å²) in [4.78, 5) is 31.6. The number of hydrogen-bond donors (Lipinski definition) is 1. The topological polar surface area (TPSA) is 97.3 Å². The second-order valence-electron chi connectivity index (χ2n) is 7.28. The first kappa shape index (κ1) is 20.9. The van der Waals surface area contributed by atoms with Crippen molar-refractivity contribution in [2.75, 3.05) is 6.54 Å². The molecule has 1 aliphatic heterocycles. The van der Waals surface area contributed by atoms with Crippen molar-refractivity contribution in [2.45, 2.75) is 38.5 Å². The lowest BCUT2D eigenvalue weighted by atomic mass is 10.1. The lowest BCUT2D eigenvalue weighted by Crippen LogP contribution is -2.48. The van der Waals surface area contributed by atoms with E-state index in [1.807, 2.05) is 42.5 Å². The van der Waals surface area contributed by atoms with Crippen LogP contribution in [0.1, 0.15) is 41.0 Å². The van der Waals surface area contributed by atoms with Crippen molar-refractivity contribution >= 4 is 23.5 Å². The fourth-order valence-electron chi connectivity index (χ4n) is 3.48. The molecule has 0 radical (unpaired) electrons. The maximum atomic E-state index is 13.1. The maximum absolute atomic E-state index is 13.1. The van der Waals surface area contributed by atoms with Crippen LogP contribution >= 0.6 is 11.7 Å². The van der Waals surface area contributed by atoms with Crippen molar-refractivity contribution in [1.29, 1.82) is 0 Å². The highest BCUT2D eigenvalue weighted by Gasteiger charge is 2.32. The number of amides is 2. The van der Waals surface area contributed by atoms with Gasteiger partial charge in [-0.05, 0) is 49.1 Å². The molecule has 1 aliphatic rings. The van der Waals surface area contributed by atoms with Crippen molar-refractivity contribution in [3.05, 3.63) is 71.8 Å². The zero-order valence-electron chi connectivity index (χ0n) is 16.9. The van der Waals surface area contributed by atoms with Crippen molar-refractivity contribution in [3.63, 3.8) is 0 Å². The SMILES string of the molecule is O=C1NCCCC[C@@H]1N(Cc1ccc(OCc2ccccn2)cc1)C(=O)c1cnsn1. The summed E-state index contributed by atoms with van der Waals surface area (Å²) in [6, 6.07) is 12.7. The second-order valence-corrected chi connectivity index (χ2v) is 7.84. The number of benzene rings is 1. The molecule has 0 bridgehead atoms. The summed E-state index contributed by atoms with van der Waals surface area (Å²) in [5.74, 6) is 0.304. The third kappa shape index (κ3) is 5.43. The maximum Gasteiger partial charge on any atom is 0.276 e. The molecule has 31 heavy (non-hydrogen) atoms. The molecular formula is C22H23N5O3S. The summed E-state index contributed by atoms with van der Waals surface area (Å²) in [7, 11) is 0. The number of hydrogen-bond acceptors (Lipinski definition) is 7. The molecule has 2 amide bonds. The van der Waals surface area contributed by atoms with Crippen molar-refractivity contribution < 1.29 is 14.3 Å². The molecule has 1 aromatic carbocycles. The first-order chi connectivity index (χ1) is 15.2. The second kappa shape index (κ2) is 10.1. The molecule has 3 heterocycles. The highest BCUT2D eigenvalue weighted by atomic mass is 32.1. The highest BCUT2D eigenvalue weighted by Crippen LogP contribution is 2.21. The van der Waals surface area contributed by atoms with E-state index >= 15 is 0 Å². The van der Waals surface area contributed by atoms with Crippen LogP contribution in [0.3, 0.4) is 0 Å². The molecular weight excluding hydrogens is 414 g/mol. The summed E-state index contributed by atoms with van der Waals surface area (Å²) in [6.07, 6.45) is 5.59. The number of pyridine rings is 1. The van der Waals surface area contributed by atoms with Crippen LogP contribution in [0.25, 0.3) is 0 Å². The van der Waals surface area contributed by atoms with Crippen molar-refractivity contribution in [3.8, 4) is 5.75 Å². The molecule has 3 aromatic rings. The molecule has 8 nitrogen and oxygen atoms in total. The van der Waals surface area contributed by atoms with Crippen molar-refractivity contribution in [2.24, 2.45) is 0 Å².